The van der Waals surface area contributed by atoms with Crippen LogP contribution in [0.4, 0.5) is 9.18 Å². The molecule has 5 nitrogen and oxygen atoms in total. The Labute approximate surface area is 127 Å². The number of hydrogen-bond acceptors (Lipinski definition) is 3. The number of benzene rings is 1. The molecule has 0 spiro atoms. The Morgan fingerprint density at radius 2 is 2.27 bits per heavy atom. The smallest absolute Gasteiger partial charge is 0.407 e. The molecule has 2 aromatic rings. The molecule has 116 valence electrons. The van der Waals surface area contributed by atoms with Gasteiger partial charge in [-0.3, -0.25) is 4.98 Å². The molecule has 0 saturated carbocycles. The van der Waals surface area contributed by atoms with Crippen molar-refractivity contribution in [3.63, 3.8) is 0 Å². The first kappa shape index (κ1) is 14.7. The zero-order valence-corrected chi connectivity index (χ0v) is 12.2. The minimum absolute atomic E-state index is 0.0212. The first-order valence-corrected chi connectivity index (χ1v) is 7.15. The molecule has 1 aromatic carbocycles. The number of aromatic nitrogens is 1. The maximum absolute atomic E-state index is 13.6. The van der Waals surface area contributed by atoms with Crippen LogP contribution in [-0.4, -0.2) is 47.4 Å². The summed E-state index contributed by atoms with van der Waals surface area (Å²) in [6.45, 7) is 0.759. The quantitative estimate of drug-likeness (QED) is 0.926. The fraction of sp³-hybridized carbons (Fsp3) is 0.375. The van der Waals surface area contributed by atoms with E-state index in [0.29, 0.717) is 19.5 Å². The zero-order chi connectivity index (χ0) is 15.7. The highest BCUT2D eigenvalue weighted by Gasteiger charge is 2.33. The van der Waals surface area contributed by atoms with Gasteiger partial charge in [0.05, 0.1) is 18.2 Å². The van der Waals surface area contributed by atoms with Crippen molar-refractivity contribution in [1.82, 2.24) is 9.88 Å². The van der Waals surface area contributed by atoms with Gasteiger partial charge in [-0.05, 0) is 36.2 Å². The first-order valence-electron chi connectivity index (χ1n) is 7.15. The van der Waals surface area contributed by atoms with Crippen LogP contribution in [0.1, 0.15) is 17.9 Å². The van der Waals surface area contributed by atoms with Crippen molar-refractivity contribution >= 4 is 17.0 Å². The summed E-state index contributed by atoms with van der Waals surface area (Å²) in [5.41, 5.74) is 1.69. The second-order valence-corrected chi connectivity index (χ2v) is 5.46. The number of halogens is 1. The highest BCUT2D eigenvalue weighted by Crippen LogP contribution is 2.34. The second kappa shape index (κ2) is 5.88. The maximum Gasteiger partial charge on any atom is 0.407 e. The number of ether oxygens (including phenoxy) is 1. The molecule has 2 atom stereocenters. The van der Waals surface area contributed by atoms with Crippen LogP contribution < -0.4 is 0 Å². The van der Waals surface area contributed by atoms with E-state index in [-0.39, 0.29) is 17.8 Å². The average molecular weight is 304 g/mol. The lowest BCUT2D eigenvalue weighted by molar-refractivity contribution is 0.0181. The van der Waals surface area contributed by atoms with Crippen molar-refractivity contribution in [2.75, 3.05) is 20.2 Å². The molecular formula is C16H17FN2O3. The fourth-order valence-electron chi connectivity index (χ4n) is 3.15. The molecule has 0 aliphatic carbocycles. The molecule has 1 saturated heterocycles. The summed E-state index contributed by atoms with van der Waals surface area (Å²) < 4.78 is 19.1. The van der Waals surface area contributed by atoms with Gasteiger partial charge in [0.25, 0.3) is 0 Å². The van der Waals surface area contributed by atoms with Crippen LogP contribution in [0, 0.1) is 5.82 Å². The summed E-state index contributed by atoms with van der Waals surface area (Å²) in [4.78, 5) is 16.7. The second-order valence-electron chi connectivity index (χ2n) is 5.46. The molecule has 1 aliphatic heterocycles. The summed E-state index contributed by atoms with van der Waals surface area (Å²) in [7, 11) is 1.58. The van der Waals surface area contributed by atoms with Crippen LogP contribution in [0.15, 0.2) is 30.5 Å². The topological polar surface area (TPSA) is 62.7 Å². The van der Waals surface area contributed by atoms with Crippen LogP contribution in [0.3, 0.4) is 0 Å². The third-order valence-corrected chi connectivity index (χ3v) is 4.27. The number of methoxy groups -OCH3 is 1. The van der Waals surface area contributed by atoms with Crippen molar-refractivity contribution < 1.29 is 19.0 Å². The Kier molecular flexibility index (Phi) is 3.94. The van der Waals surface area contributed by atoms with Gasteiger partial charge in [0.2, 0.25) is 0 Å². The molecule has 2 unspecified atom stereocenters. The van der Waals surface area contributed by atoms with E-state index in [4.69, 9.17) is 9.84 Å². The number of likely N-dealkylation sites (tertiary alicyclic amines) is 1. The number of carboxylic acid groups (broad SMARTS) is 1. The van der Waals surface area contributed by atoms with E-state index >= 15 is 0 Å². The van der Waals surface area contributed by atoms with E-state index in [1.54, 1.807) is 19.4 Å². The minimum Gasteiger partial charge on any atom is -0.465 e. The summed E-state index contributed by atoms with van der Waals surface area (Å²) in [5, 5.41) is 9.89. The lowest BCUT2D eigenvalue weighted by Crippen LogP contribution is -2.46. The standard InChI is InChI=1S/C16H17FN2O3/c1-22-15-9-19(16(20)21)7-5-12(15)11-4-6-18-14-3-2-10(17)8-13(11)14/h2-4,6,8,12,15H,5,7,9H2,1H3,(H,20,21). The minimum atomic E-state index is -0.939. The molecule has 1 aromatic heterocycles. The van der Waals surface area contributed by atoms with E-state index in [1.807, 2.05) is 6.07 Å². The summed E-state index contributed by atoms with van der Waals surface area (Å²) in [5.74, 6) is -0.286. The predicted molar refractivity (Wildman–Crippen MR) is 79.5 cm³/mol. The highest BCUT2D eigenvalue weighted by molar-refractivity contribution is 5.82. The maximum atomic E-state index is 13.6. The van der Waals surface area contributed by atoms with Crippen molar-refractivity contribution in [2.24, 2.45) is 0 Å². The first-order chi connectivity index (χ1) is 10.6. The van der Waals surface area contributed by atoms with Gasteiger partial charge >= 0.3 is 6.09 Å². The predicted octanol–water partition coefficient (Wildman–Crippen LogP) is 2.86. The van der Waals surface area contributed by atoms with Gasteiger partial charge in [-0.2, -0.15) is 0 Å². The van der Waals surface area contributed by atoms with Crippen LogP contribution >= 0.6 is 0 Å². The number of rotatable bonds is 2. The average Bonchev–Trinajstić information content (AvgIpc) is 2.53. The van der Waals surface area contributed by atoms with E-state index < -0.39 is 6.09 Å². The third kappa shape index (κ3) is 2.62. The van der Waals surface area contributed by atoms with E-state index in [1.165, 1.54) is 17.0 Å². The van der Waals surface area contributed by atoms with Crippen molar-refractivity contribution in [3.05, 3.63) is 41.8 Å². The largest absolute Gasteiger partial charge is 0.465 e. The Morgan fingerprint density at radius 3 is 3.00 bits per heavy atom. The highest BCUT2D eigenvalue weighted by atomic mass is 19.1. The van der Waals surface area contributed by atoms with E-state index in [9.17, 15) is 9.18 Å². The number of hydrogen-bond donors (Lipinski definition) is 1. The van der Waals surface area contributed by atoms with E-state index in [2.05, 4.69) is 4.98 Å². The number of piperidine rings is 1. The molecule has 22 heavy (non-hydrogen) atoms. The normalized spacial score (nSPS) is 22.0. The SMILES string of the molecule is COC1CN(C(=O)O)CCC1c1ccnc2ccc(F)cc12. The Balaban J connectivity index is 2.00. The number of fused-ring (bicyclic) bond motifs is 1. The van der Waals surface area contributed by atoms with Gasteiger partial charge in [0.1, 0.15) is 5.82 Å². The molecule has 1 fully saturated rings. The van der Waals surface area contributed by atoms with Gasteiger partial charge in [-0.15, -0.1) is 0 Å². The van der Waals surface area contributed by atoms with Gasteiger partial charge in [-0.25, -0.2) is 9.18 Å². The zero-order valence-electron chi connectivity index (χ0n) is 12.2. The molecular weight excluding hydrogens is 287 g/mol. The van der Waals surface area contributed by atoms with E-state index in [0.717, 1.165) is 16.5 Å². The van der Waals surface area contributed by atoms with Crippen molar-refractivity contribution in [2.45, 2.75) is 18.4 Å². The summed E-state index contributed by atoms with van der Waals surface area (Å²) in [6, 6.07) is 6.39. The molecule has 6 heteroatoms. The number of pyridine rings is 1. The van der Waals surface area contributed by atoms with Gasteiger partial charge < -0.3 is 14.7 Å². The third-order valence-electron chi connectivity index (χ3n) is 4.27. The summed E-state index contributed by atoms with van der Waals surface area (Å²) >= 11 is 0. The van der Waals surface area contributed by atoms with Crippen molar-refractivity contribution in [3.8, 4) is 0 Å². The van der Waals surface area contributed by atoms with Gasteiger partial charge in [0.15, 0.2) is 0 Å². The fourth-order valence-corrected chi connectivity index (χ4v) is 3.15. The number of amides is 1. The van der Waals surface area contributed by atoms with Crippen LogP contribution in [0.25, 0.3) is 10.9 Å². The summed E-state index contributed by atoms with van der Waals surface area (Å²) in [6.07, 6.45) is 1.15. The molecule has 1 N–H and O–H groups in total. The van der Waals surface area contributed by atoms with Crippen LogP contribution in [-0.2, 0) is 4.74 Å². The Bertz CT molecular complexity index is 707. The lowest BCUT2D eigenvalue weighted by Gasteiger charge is -2.37. The monoisotopic (exact) mass is 304 g/mol. The van der Waals surface area contributed by atoms with Crippen molar-refractivity contribution in [1.29, 1.82) is 0 Å². The van der Waals surface area contributed by atoms with Crippen LogP contribution in [0.5, 0.6) is 0 Å². The molecule has 1 amide bonds. The number of nitrogens with zero attached hydrogens (tertiary/aromatic N) is 2. The Hall–Kier alpha value is -2.21. The molecule has 3 rings (SSSR count). The molecule has 1 aliphatic rings. The molecule has 0 radical (unpaired) electrons. The lowest BCUT2D eigenvalue weighted by atomic mass is 9.85. The van der Waals surface area contributed by atoms with Gasteiger partial charge in [-0.1, -0.05) is 0 Å². The Morgan fingerprint density at radius 1 is 1.45 bits per heavy atom. The molecule has 2 heterocycles. The number of carbonyl (C=O) groups is 1. The van der Waals surface area contributed by atoms with Gasteiger partial charge in [0, 0.05) is 31.2 Å². The van der Waals surface area contributed by atoms with Crippen LogP contribution in [0.2, 0.25) is 0 Å². The molecule has 0 bridgehead atoms.